The maximum atomic E-state index is 9.20. The van der Waals surface area contributed by atoms with Crippen LogP contribution in [-0.2, 0) is 0 Å². The minimum absolute atomic E-state index is 0. The molecular formula is C16H37NO4. The predicted molar refractivity (Wildman–Crippen MR) is 85.5 cm³/mol. The van der Waals surface area contributed by atoms with E-state index in [-0.39, 0.29) is 25.3 Å². The molecule has 5 heteroatoms. The smallest absolute Gasteiger partial charge is 0.102 e. The van der Waals surface area contributed by atoms with E-state index >= 15 is 0 Å². The summed E-state index contributed by atoms with van der Waals surface area (Å²) < 4.78 is 0.652. The van der Waals surface area contributed by atoms with Gasteiger partial charge in [0.1, 0.15) is 19.6 Å². The third kappa shape index (κ3) is 12.1. The van der Waals surface area contributed by atoms with Gasteiger partial charge in [0, 0.05) is 0 Å². The molecule has 0 bridgehead atoms. The number of aliphatic hydroxyl groups is 3. The second kappa shape index (κ2) is 16.2. The molecule has 0 aliphatic carbocycles. The molecule has 0 unspecified atom stereocenters. The number of hydrogen-bond donors (Lipinski definition) is 3. The van der Waals surface area contributed by atoms with Crippen LogP contribution in [-0.4, -0.2) is 71.3 Å². The SMILES string of the molecule is CCCCCCCCCC[N+](CCO)(CCO)CCO.[OH-]. The van der Waals surface area contributed by atoms with Gasteiger partial charge in [-0.05, 0) is 12.8 Å². The van der Waals surface area contributed by atoms with Gasteiger partial charge in [0.05, 0.1) is 26.4 Å². The van der Waals surface area contributed by atoms with Gasteiger partial charge < -0.3 is 25.3 Å². The van der Waals surface area contributed by atoms with Crippen molar-refractivity contribution >= 4 is 0 Å². The second-order valence-electron chi connectivity index (χ2n) is 5.88. The molecule has 0 aromatic heterocycles. The summed E-state index contributed by atoms with van der Waals surface area (Å²) in [4.78, 5) is 0. The number of unbranched alkanes of at least 4 members (excludes halogenated alkanes) is 7. The van der Waals surface area contributed by atoms with Crippen LogP contribution in [0.15, 0.2) is 0 Å². The van der Waals surface area contributed by atoms with Crippen molar-refractivity contribution in [1.29, 1.82) is 0 Å². The van der Waals surface area contributed by atoms with Crippen LogP contribution in [0, 0.1) is 0 Å². The third-order valence-corrected chi connectivity index (χ3v) is 4.21. The summed E-state index contributed by atoms with van der Waals surface area (Å²) in [5, 5.41) is 27.6. The van der Waals surface area contributed by atoms with E-state index in [1.54, 1.807) is 0 Å². The van der Waals surface area contributed by atoms with Gasteiger partial charge in [-0.15, -0.1) is 0 Å². The number of quaternary nitrogens is 1. The van der Waals surface area contributed by atoms with Gasteiger partial charge in [-0.3, -0.25) is 0 Å². The van der Waals surface area contributed by atoms with Gasteiger partial charge in [-0.2, -0.15) is 0 Å². The number of aliphatic hydroxyl groups excluding tert-OH is 3. The average Bonchev–Trinajstić information content (AvgIpc) is 2.43. The third-order valence-electron chi connectivity index (χ3n) is 4.21. The van der Waals surface area contributed by atoms with Crippen molar-refractivity contribution in [3.63, 3.8) is 0 Å². The first-order chi connectivity index (χ1) is 9.74. The Kier molecular flexibility index (Phi) is 17.8. The molecule has 0 aliphatic heterocycles. The molecule has 0 saturated heterocycles. The Bertz CT molecular complexity index is 186. The molecule has 0 saturated carbocycles. The summed E-state index contributed by atoms with van der Waals surface area (Å²) in [5.74, 6) is 0. The number of rotatable bonds is 15. The fourth-order valence-corrected chi connectivity index (χ4v) is 2.89. The molecule has 21 heavy (non-hydrogen) atoms. The topological polar surface area (TPSA) is 90.7 Å². The highest BCUT2D eigenvalue weighted by Crippen LogP contribution is 2.12. The van der Waals surface area contributed by atoms with Crippen molar-refractivity contribution < 1.29 is 25.3 Å². The van der Waals surface area contributed by atoms with Crippen LogP contribution in [0.1, 0.15) is 58.3 Å². The zero-order chi connectivity index (χ0) is 15.1. The largest absolute Gasteiger partial charge is 0.870 e. The lowest BCUT2D eigenvalue weighted by molar-refractivity contribution is -0.929. The molecular weight excluding hydrogens is 270 g/mol. The molecule has 0 spiro atoms. The van der Waals surface area contributed by atoms with Crippen molar-refractivity contribution in [1.82, 2.24) is 0 Å². The van der Waals surface area contributed by atoms with Gasteiger partial charge in [-0.25, -0.2) is 0 Å². The van der Waals surface area contributed by atoms with Gasteiger partial charge in [0.15, 0.2) is 0 Å². The molecule has 0 heterocycles. The Labute approximate surface area is 130 Å². The van der Waals surface area contributed by atoms with Crippen molar-refractivity contribution in [3.8, 4) is 0 Å². The summed E-state index contributed by atoms with van der Waals surface area (Å²) in [6.45, 7) is 5.47. The normalized spacial score (nSPS) is 11.4. The van der Waals surface area contributed by atoms with E-state index in [1.807, 2.05) is 0 Å². The summed E-state index contributed by atoms with van der Waals surface area (Å²) in [6, 6.07) is 0. The van der Waals surface area contributed by atoms with E-state index in [9.17, 15) is 15.3 Å². The first-order valence-corrected chi connectivity index (χ1v) is 8.42. The zero-order valence-corrected chi connectivity index (χ0v) is 13.8. The predicted octanol–water partition coefficient (Wildman–Crippen LogP) is 1.74. The quantitative estimate of drug-likeness (QED) is 0.317. The van der Waals surface area contributed by atoms with E-state index in [0.29, 0.717) is 24.1 Å². The first-order valence-electron chi connectivity index (χ1n) is 8.42. The van der Waals surface area contributed by atoms with Crippen LogP contribution in [0.5, 0.6) is 0 Å². The van der Waals surface area contributed by atoms with Crippen LogP contribution in [0.2, 0.25) is 0 Å². The zero-order valence-electron chi connectivity index (χ0n) is 13.8. The molecule has 0 rings (SSSR count). The fraction of sp³-hybridized carbons (Fsp3) is 1.00. The molecule has 0 aromatic carbocycles. The lowest BCUT2D eigenvalue weighted by Crippen LogP contribution is -2.53. The summed E-state index contributed by atoms with van der Waals surface area (Å²) in [5.41, 5.74) is 0. The van der Waals surface area contributed by atoms with E-state index in [1.165, 1.54) is 44.9 Å². The van der Waals surface area contributed by atoms with Gasteiger partial charge >= 0.3 is 0 Å². The monoisotopic (exact) mass is 307 g/mol. The maximum absolute atomic E-state index is 9.20. The van der Waals surface area contributed by atoms with Gasteiger partial charge in [-0.1, -0.05) is 45.4 Å². The maximum Gasteiger partial charge on any atom is 0.102 e. The molecule has 0 radical (unpaired) electrons. The lowest BCUT2D eigenvalue weighted by Gasteiger charge is -2.37. The summed E-state index contributed by atoms with van der Waals surface area (Å²) in [6.07, 6.45) is 10.3. The minimum Gasteiger partial charge on any atom is -0.870 e. The summed E-state index contributed by atoms with van der Waals surface area (Å²) >= 11 is 0. The Morgan fingerprint density at radius 1 is 0.571 bits per heavy atom. The molecule has 5 nitrogen and oxygen atoms in total. The number of hydrogen-bond acceptors (Lipinski definition) is 4. The molecule has 0 aliphatic rings. The number of nitrogens with zero attached hydrogens (tertiary/aromatic N) is 1. The molecule has 0 atom stereocenters. The van der Waals surface area contributed by atoms with E-state index in [4.69, 9.17) is 0 Å². The van der Waals surface area contributed by atoms with Crippen molar-refractivity contribution in [2.45, 2.75) is 58.3 Å². The molecule has 0 aromatic rings. The molecule has 0 amide bonds. The van der Waals surface area contributed by atoms with Crippen LogP contribution in [0.25, 0.3) is 0 Å². The van der Waals surface area contributed by atoms with Crippen molar-refractivity contribution in [2.75, 3.05) is 46.0 Å². The van der Waals surface area contributed by atoms with E-state index < -0.39 is 0 Å². The lowest BCUT2D eigenvalue weighted by atomic mass is 10.1. The Balaban J connectivity index is 0. The van der Waals surface area contributed by atoms with Crippen molar-refractivity contribution in [2.24, 2.45) is 0 Å². The second-order valence-corrected chi connectivity index (χ2v) is 5.88. The average molecular weight is 307 g/mol. The van der Waals surface area contributed by atoms with E-state index in [2.05, 4.69) is 6.92 Å². The minimum atomic E-state index is 0. The van der Waals surface area contributed by atoms with Crippen LogP contribution in [0.4, 0.5) is 0 Å². The van der Waals surface area contributed by atoms with Gasteiger partial charge in [0.2, 0.25) is 0 Å². The Morgan fingerprint density at radius 2 is 0.952 bits per heavy atom. The van der Waals surface area contributed by atoms with Gasteiger partial charge in [0.25, 0.3) is 0 Å². The highest BCUT2D eigenvalue weighted by molar-refractivity contribution is 4.49. The van der Waals surface area contributed by atoms with Crippen molar-refractivity contribution in [3.05, 3.63) is 0 Å². The standard InChI is InChI=1S/C16H36NO3.H2O/c1-2-3-4-5-6-7-8-9-10-17(11-14-18,12-15-19)13-16-20;/h18-20H,2-16H2,1H3;1H2/q+1;/p-1. The molecule has 130 valence electrons. The summed E-state index contributed by atoms with van der Waals surface area (Å²) in [7, 11) is 0. The Hall–Kier alpha value is -0.200. The van der Waals surface area contributed by atoms with E-state index in [0.717, 1.165) is 13.0 Å². The van der Waals surface area contributed by atoms with Crippen LogP contribution < -0.4 is 0 Å². The first kappa shape index (κ1) is 23.1. The highest BCUT2D eigenvalue weighted by Gasteiger charge is 2.25. The molecule has 4 N–H and O–H groups in total. The Morgan fingerprint density at radius 3 is 1.33 bits per heavy atom. The highest BCUT2D eigenvalue weighted by atomic mass is 16.3. The fourth-order valence-electron chi connectivity index (χ4n) is 2.89. The van der Waals surface area contributed by atoms with Crippen LogP contribution >= 0.6 is 0 Å². The molecule has 0 fully saturated rings. The van der Waals surface area contributed by atoms with Crippen LogP contribution in [0.3, 0.4) is 0 Å².